The van der Waals surface area contributed by atoms with Crippen LogP contribution in [0.15, 0.2) is 41.5 Å². The third-order valence-corrected chi connectivity index (χ3v) is 6.77. The Morgan fingerprint density at radius 2 is 1.77 bits per heavy atom. The van der Waals surface area contributed by atoms with Crippen LogP contribution in [0.4, 0.5) is 0 Å². The predicted molar refractivity (Wildman–Crippen MR) is 112 cm³/mol. The zero-order valence-electron chi connectivity index (χ0n) is 18.0. The zero-order valence-corrected chi connectivity index (χ0v) is 18.0. The van der Waals surface area contributed by atoms with Gasteiger partial charge in [-0.25, -0.2) is 4.79 Å². The number of methoxy groups -OCH3 is 4. The second-order valence-corrected chi connectivity index (χ2v) is 8.10. The van der Waals surface area contributed by atoms with Crippen LogP contribution >= 0.6 is 0 Å². The summed E-state index contributed by atoms with van der Waals surface area (Å²) in [4.78, 5) is 14.6. The van der Waals surface area contributed by atoms with Gasteiger partial charge >= 0.3 is 5.97 Å². The van der Waals surface area contributed by atoms with E-state index in [2.05, 4.69) is 22.8 Å². The highest BCUT2D eigenvalue weighted by atomic mass is 16.7. The van der Waals surface area contributed by atoms with E-state index in [1.165, 1.54) is 0 Å². The largest absolute Gasteiger partial charge is 0.497 e. The summed E-state index contributed by atoms with van der Waals surface area (Å²) in [6.45, 7) is 0. The van der Waals surface area contributed by atoms with Crippen LogP contribution in [0, 0.1) is 11.8 Å². The molecule has 3 heterocycles. The van der Waals surface area contributed by atoms with Gasteiger partial charge in [-0.2, -0.15) is 0 Å². The van der Waals surface area contributed by atoms with Crippen molar-refractivity contribution in [1.82, 2.24) is 4.90 Å². The molecule has 4 aliphatic rings. The second-order valence-electron chi connectivity index (χ2n) is 8.10. The van der Waals surface area contributed by atoms with Crippen LogP contribution < -0.4 is 9.47 Å². The van der Waals surface area contributed by atoms with Crippen LogP contribution in [-0.4, -0.2) is 69.3 Å². The Morgan fingerprint density at radius 3 is 2.42 bits per heavy atom. The Bertz CT molecular complexity index is 1020. The van der Waals surface area contributed by atoms with E-state index in [4.69, 9.17) is 23.7 Å². The van der Waals surface area contributed by atoms with Crippen molar-refractivity contribution in [2.75, 3.05) is 28.4 Å². The molecule has 4 atom stereocenters. The van der Waals surface area contributed by atoms with Crippen LogP contribution in [0.1, 0.15) is 18.4 Å². The minimum atomic E-state index is -0.631. The van der Waals surface area contributed by atoms with E-state index >= 15 is 0 Å². The standard InChI is InChI=1S/C24H25NO6/c1-27-16-9-14(10-17(12-16)28-2)5-6-15-11-21-24(18(15)13-22(26)31-24)20-8-7-19(25(20)21)23(29-3)30-4/h9-13,19-21,23H,7-8H2,1-4H3/t19-,20-,21?,24+/m1/s1. The number of hydrogen-bond acceptors (Lipinski definition) is 7. The average Bonchev–Trinajstić information content (AvgIpc) is 3.41. The third-order valence-electron chi connectivity index (χ3n) is 6.77. The molecule has 0 N–H and O–H groups in total. The van der Waals surface area contributed by atoms with Gasteiger partial charge in [-0.05, 0) is 31.1 Å². The molecule has 1 spiro atoms. The molecular weight excluding hydrogens is 398 g/mol. The topological polar surface area (TPSA) is 66.5 Å². The lowest BCUT2D eigenvalue weighted by molar-refractivity contribution is -0.212. The number of hydrogen-bond donors (Lipinski definition) is 0. The number of rotatable bonds is 5. The number of ether oxygens (including phenoxy) is 5. The lowest BCUT2D eigenvalue weighted by Gasteiger charge is -2.57. The highest BCUT2D eigenvalue weighted by molar-refractivity contribution is 5.91. The van der Waals surface area contributed by atoms with E-state index in [0.717, 1.165) is 29.6 Å². The Labute approximate surface area is 181 Å². The Hall–Kier alpha value is -2.79. The van der Waals surface area contributed by atoms with Crippen molar-refractivity contribution in [2.45, 2.75) is 42.9 Å². The molecule has 7 nitrogen and oxygen atoms in total. The summed E-state index contributed by atoms with van der Waals surface area (Å²) in [5.74, 6) is 7.51. The number of carbonyl (C=O) groups is 1. The van der Waals surface area contributed by atoms with Crippen molar-refractivity contribution >= 4 is 5.97 Å². The second kappa shape index (κ2) is 7.41. The predicted octanol–water partition coefficient (Wildman–Crippen LogP) is 2.05. The van der Waals surface area contributed by atoms with Gasteiger partial charge in [0.1, 0.15) is 11.5 Å². The molecule has 7 heteroatoms. The van der Waals surface area contributed by atoms with Gasteiger partial charge in [0.2, 0.25) is 0 Å². The first kappa shape index (κ1) is 20.1. The number of esters is 1. The monoisotopic (exact) mass is 423 g/mol. The molecule has 5 rings (SSSR count). The number of fused-ring (bicyclic) bond motifs is 2. The van der Waals surface area contributed by atoms with E-state index in [9.17, 15) is 4.79 Å². The first-order valence-corrected chi connectivity index (χ1v) is 10.3. The van der Waals surface area contributed by atoms with Gasteiger partial charge in [-0.1, -0.05) is 11.8 Å². The smallest absolute Gasteiger partial charge is 0.332 e. The minimum absolute atomic E-state index is 0.0559. The van der Waals surface area contributed by atoms with Crippen LogP contribution in [0.2, 0.25) is 0 Å². The fraction of sp³-hybridized carbons (Fsp3) is 0.458. The molecule has 2 fully saturated rings. The molecule has 0 amide bonds. The molecule has 1 unspecified atom stereocenters. The van der Waals surface area contributed by atoms with Gasteiger partial charge in [0.25, 0.3) is 0 Å². The van der Waals surface area contributed by atoms with E-state index in [0.29, 0.717) is 11.5 Å². The number of carbonyl (C=O) groups excluding carboxylic acids is 1. The van der Waals surface area contributed by atoms with Gasteiger partial charge < -0.3 is 23.7 Å². The number of benzene rings is 1. The molecule has 2 saturated heterocycles. The Balaban J connectivity index is 1.49. The van der Waals surface area contributed by atoms with E-state index < -0.39 is 5.60 Å². The Kier molecular flexibility index (Phi) is 4.82. The molecule has 162 valence electrons. The lowest BCUT2D eigenvalue weighted by Crippen LogP contribution is -2.75. The van der Waals surface area contributed by atoms with Crippen molar-refractivity contribution in [3.63, 3.8) is 0 Å². The minimum Gasteiger partial charge on any atom is -0.497 e. The summed E-state index contributed by atoms with van der Waals surface area (Å²) in [6.07, 6.45) is 5.23. The van der Waals surface area contributed by atoms with Crippen molar-refractivity contribution in [3.8, 4) is 23.3 Å². The maximum atomic E-state index is 12.3. The molecule has 0 saturated carbocycles. The molecular formula is C24H25NO6. The first-order chi connectivity index (χ1) is 15.0. The molecule has 0 radical (unpaired) electrons. The van der Waals surface area contributed by atoms with Crippen molar-refractivity contribution in [3.05, 3.63) is 47.1 Å². The van der Waals surface area contributed by atoms with Crippen molar-refractivity contribution < 1.29 is 28.5 Å². The van der Waals surface area contributed by atoms with E-state index in [-0.39, 0.29) is 30.4 Å². The number of nitrogens with zero attached hydrogens (tertiary/aromatic N) is 1. The van der Waals surface area contributed by atoms with Gasteiger partial charge in [0.05, 0.1) is 32.3 Å². The quantitative estimate of drug-likeness (QED) is 0.408. The third kappa shape index (κ3) is 2.83. The first-order valence-electron chi connectivity index (χ1n) is 10.3. The summed E-state index contributed by atoms with van der Waals surface area (Å²) >= 11 is 0. The van der Waals surface area contributed by atoms with Gasteiger partial charge in [0.15, 0.2) is 11.9 Å². The molecule has 1 aromatic carbocycles. The van der Waals surface area contributed by atoms with Crippen molar-refractivity contribution in [2.24, 2.45) is 0 Å². The van der Waals surface area contributed by atoms with Crippen LogP contribution in [0.5, 0.6) is 11.5 Å². The average molecular weight is 423 g/mol. The summed E-state index contributed by atoms with van der Waals surface area (Å²) in [7, 11) is 6.52. The highest BCUT2D eigenvalue weighted by Gasteiger charge is 2.73. The van der Waals surface area contributed by atoms with Crippen LogP contribution in [0.25, 0.3) is 0 Å². The van der Waals surface area contributed by atoms with Gasteiger partial charge in [-0.3, -0.25) is 4.90 Å². The van der Waals surface area contributed by atoms with Gasteiger partial charge in [0, 0.05) is 43.1 Å². The fourth-order valence-electron chi connectivity index (χ4n) is 5.54. The molecule has 0 aromatic heterocycles. The molecule has 31 heavy (non-hydrogen) atoms. The Morgan fingerprint density at radius 1 is 1.06 bits per heavy atom. The SMILES string of the molecule is COc1cc(C#CC2=CC3N4[C@@H](C(OC)OC)CC[C@@H]4[C@]34OC(=O)C=C24)cc(OC)c1. The lowest BCUT2D eigenvalue weighted by atomic mass is 9.74. The maximum absolute atomic E-state index is 12.3. The summed E-state index contributed by atoms with van der Waals surface area (Å²) in [6, 6.07) is 5.69. The van der Waals surface area contributed by atoms with E-state index in [1.807, 2.05) is 12.1 Å². The van der Waals surface area contributed by atoms with Crippen molar-refractivity contribution in [1.29, 1.82) is 0 Å². The van der Waals surface area contributed by atoms with Gasteiger partial charge in [-0.15, -0.1) is 0 Å². The molecule has 1 aromatic rings. The molecule has 0 bridgehead atoms. The zero-order chi connectivity index (χ0) is 21.8. The highest BCUT2D eigenvalue weighted by Crippen LogP contribution is 2.60. The van der Waals surface area contributed by atoms with Crippen LogP contribution in [0.3, 0.4) is 0 Å². The summed E-state index contributed by atoms with van der Waals surface area (Å²) in [5.41, 5.74) is 1.86. The fourth-order valence-corrected chi connectivity index (χ4v) is 5.54. The normalized spacial score (nSPS) is 30.4. The summed E-state index contributed by atoms with van der Waals surface area (Å²) in [5, 5.41) is 0. The summed E-state index contributed by atoms with van der Waals surface area (Å²) < 4.78 is 27.7. The molecule has 3 aliphatic heterocycles. The molecule has 1 aliphatic carbocycles. The van der Waals surface area contributed by atoms with Crippen LogP contribution in [-0.2, 0) is 19.0 Å². The maximum Gasteiger partial charge on any atom is 0.332 e. The van der Waals surface area contributed by atoms with E-state index in [1.54, 1.807) is 40.6 Å².